The number of aromatic hydroxyl groups is 1. The van der Waals surface area contributed by atoms with Gasteiger partial charge in [0, 0.05) is 17.2 Å². The van der Waals surface area contributed by atoms with Gasteiger partial charge in [-0.1, -0.05) is 6.92 Å². The van der Waals surface area contributed by atoms with E-state index in [0.717, 1.165) is 12.8 Å². The average Bonchev–Trinajstić information content (AvgIpc) is 3.27. The molecule has 28 heavy (non-hydrogen) atoms. The van der Waals surface area contributed by atoms with Gasteiger partial charge >= 0.3 is 5.69 Å². The topological polar surface area (TPSA) is 146 Å². The number of aromatic nitrogens is 6. The number of fused-ring (bicyclic) bond motifs is 1. The van der Waals surface area contributed by atoms with E-state index < -0.39 is 5.69 Å². The molecule has 0 radical (unpaired) electrons. The maximum atomic E-state index is 11.4. The number of aromatic amines is 2. The maximum absolute atomic E-state index is 11.4. The summed E-state index contributed by atoms with van der Waals surface area (Å²) < 4.78 is 6.87. The molecular formula is C17H20N8O3. The lowest BCUT2D eigenvalue weighted by molar-refractivity contribution is -0.0925. The van der Waals surface area contributed by atoms with E-state index in [1.54, 1.807) is 16.8 Å². The van der Waals surface area contributed by atoms with Gasteiger partial charge in [-0.15, -0.1) is 0 Å². The number of imidazole rings is 1. The van der Waals surface area contributed by atoms with Crippen molar-refractivity contribution in [3.63, 3.8) is 0 Å². The average molecular weight is 384 g/mol. The van der Waals surface area contributed by atoms with Crippen LogP contribution in [0.2, 0.25) is 0 Å². The van der Waals surface area contributed by atoms with Crippen LogP contribution in [0, 0.1) is 5.41 Å². The standard InChI is InChI=1S/C17H20N8O3/c1-17(7-28-8-17)6-18-14-22-12-9(4-11-13(26)23-16(27)21-11)5-19-25(12)15(24-14)20-10-2-3-10/h4-5,10,26H,2-3,6-8H2,1H3,(H,18,20,24)(H2,21,23,27)/b9-4+. The van der Waals surface area contributed by atoms with E-state index >= 15 is 0 Å². The molecule has 0 unspecified atom stereocenters. The van der Waals surface area contributed by atoms with Gasteiger partial charge in [0.1, 0.15) is 5.69 Å². The Morgan fingerprint density at radius 2 is 2.25 bits per heavy atom. The number of H-pyrrole nitrogens is 2. The summed E-state index contributed by atoms with van der Waals surface area (Å²) in [6.45, 7) is 4.23. The predicted octanol–water partition coefficient (Wildman–Crippen LogP) is -1.09. The van der Waals surface area contributed by atoms with E-state index in [4.69, 9.17) is 4.74 Å². The fourth-order valence-corrected chi connectivity index (χ4v) is 3.00. The van der Waals surface area contributed by atoms with Crippen LogP contribution in [0.15, 0.2) is 16.0 Å². The summed E-state index contributed by atoms with van der Waals surface area (Å²) in [5.41, 5.74) is 0.852. The Kier molecular flexibility index (Phi) is 3.72. The van der Waals surface area contributed by atoms with E-state index in [1.807, 2.05) is 0 Å². The number of rotatable bonds is 5. The molecule has 0 atom stereocenters. The Labute approximate surface area is 158 Å². The zero-order valence-electron chi connectivity index (χ0n) is 15.3. The highest BCUT2D eigenvalue weighted by molar-refractivity contribution is 5.57. The summed E-state index contributed by atoms with van der Waals surface area (Å²) in [6.07, 6.45) is 5.30. The zero-order valence-corrected chi connectivity index (χ0v) is 15.3. The molecule has 146 valence electrons. The molecule has 5 rings (SSSR count). The lowest BCUT2D eigenvalue weighted by Crippen LogP contribution is -2.45. The van der Waals surface area contributed by atoms with Crippen LogP contribution < -0.4 is 21.8 Å². The van der Waals surface area contributed by atoms with Crippen LogP contribution in [0.5, 0.6) is 5.88 Å². The van der Waals surface area contributed by atoms with Crippen LogP contribution in [-0.4, -0.2) is 60.5 Å². The largest absolute Gasteiger partial charge is 0.493 e. The molecule has 1 aliphatic carbocycles. The van der Waals surface area contributed by atoms with Crippen molar-refractivity contribution in [2.75, 3.05) is 25.1 Å². The molecule has 2 fully saturated rings. The highest BCUT2D eigenvalue weighted by atomic mass is 16.5. The summed E-state index contributed by atoms with van der Waals surface area (Å²) in [4.78, 5) is 29.9. The third-order valence-corrected chi connectivity index (χ3v) is 4.83. The monoisotopic (exact) mass is 384 g/mol. The number of hydrogen-bond donors (Lipinski definition) is 4. The molecular weight excluding hydrogens is 364 g/mol. The Morgan fingerprint density at radius 3 is 2.89 bits per heavy atom. The minimum Gasteiger partial charge on any atom is -0.493 e. The van der Waals surface area contributed by atoms with Gasteiger partial charge in [0.05, 0.1) is 25.5 Å². The molecule has 11 heteroatoms. The molecule has 3 aromatic heterocycles. The molecule has 4 heterocycles. The molecule has 3 aromatic rings. The summed E-state index contributed by atoms with van der Waals surface area (Å²) in [6, 6.07) is 0.269. The van der Waals surface area contributed by atoms with Crippen LogP contribution in [0.3, 0.4) is 0 Å². The van der Waals surface area contributed by atoms with Crippen LogP contribution in [0.1, 0.15) is 25.5 Å². The molecule has 0 spiro atoms. The van der Waals surface area contributed by atoms with Crippen LogP contribution in [-0.2, 0) is 4.74 Å². The van der Waals surface area contributed by atoms with Crippen molar-refractivity contribution in [1.82, 2.24) is 29.5 Å². The van der Waals surface area contributed by atoms with Crippen LogP contribution in [0.4, 0.5) is 5.95 Å². The summed E-state index contributed by atoms with van der Waals surface area (Å²) >= 11 is 0. The number of ether oxygens (including phenoxy) is 1. The van der Waals surface area contributed by atoms with Crippen molar-refractivity contribution in [3.05, 3.63) is 33.2 Å². The fourth-order valence-electron chi connectivity index (χ4n) is 3.00. The Bertz CT molecular complexity index is 1220. The van der Waals surface area contributed by atoms with Crippen molar-refractivity contribution < 1.29 is 9.84 Å². The Balaban J connectivity index is 1.61. The normalized spacial score (nSPS) is 19.9. The molecule has 2 aliphatic rings. The third kappa shape index (κ3) is 3.13. The lowest BCUT2D eigenvalue weighted by Gasteiger charge is -2.37. The van der Waals surface area contributed by atoms with E-state index in [2.05, 4.69) is 42.3 Å². The van der Waals surface area contributed by atoms with Crippen molar-refractivity contribution in [2.45, 2.75) is 25.8 Å². The second-order valence-corrected chi connectivity index (χ2v) is 7.69. The highest BCUT2D eigenvalue weighted by Gasteiger charge is 2.33. The van der Waals surface area contributed by atoms with Crippen molar-refractivity contribution in [3.8, 4) is 5.88 Å². The van der Waals surface area contributed by atoms with Crippen molar-refractivity contribution >= 4 is 17.7 Å². The second-order valence-electron chi connectivity index (χ2n) is 7.69. The van der Waals surface area contributed by atoms with Gasteiger partial charge in [0.15, 0.2) is 5.65 Å². The van der Waals surface area contributed by atoms with Gasteiger partial charge in [-0.05, 0) is 18.9 Å². The first-order valence-electron chi connectivity index (χ1n) is 9.13. The van der Waals surface area contributed by atoms with E-state index in [1.165, 1.54) is 0 Å². The first-order valence-corrected chi connectivity index (χ1v) is 9.13. The summed E-state index contributed by atoms with van der Waals surface area (Å²) in [5, 5.41) is 18.1. The minimum atomic E-state index is -0.488. The van der Waals surface area contributed by atoms with Gasteiger partial charge in [0.2, 0.25) is 11.8 Å². The Morgan fingerprint density at radius 1 is 1.43 bits per heavy atom. The van der Waals surface area contributed by atoms with Gasteiger partial charge in [-0.25, -0.2) is 9.79 Å². The van der Waals surface area contributed by atoms with Gasteiger partial charge in [-0.2, -0.15) is 19.6 Å². The molecule has 11 nitrogen and oxygen atoms in total. The van der Waals surface area contributed by atoms with E-state index in [-0.39, 0.29) is 23.0 Å². The zero-order chi connectivity index (χ0) is 19.3. The van der Waals surface area contributed by atoms with Crippen LogP contribution >= 0.6 is 0 Å². The minimum absolute atomic E-state index is 0.0644. The van der Waals surface area contributed by atoms with Crippen LogP contribution in [0.25, 0.3) is 11.7 Å². The molecule has 0 bridgehead atoms. The fraction of sp³-hybridized carbons (Fsp3) is 0.471. The molecule has 1 aliphatic heterocycles. The smallest absolute Gasteiger partial charge is 0.326 e. The number of nitrogens with zero attached hydrogens (tertiary/aromatic N) is 5. The first-order chi connectivity index (χ1) is 13.5. The summed E-state index contributed by atoms with van der Waals surface area (Å²) in [7, 11) is 0. The van der Waals surface area contributed by atoms with Crippen molar-refractivity contribution in [1.29, 1.82) is 0 Å². The van der Waals surface area contributed by atoms with Gasteiger partial charge in [-0.3, -0.25) is 4.98 Å². The van der Waals surface area contributed by atoms with E-state index in [9.17, 15) is 9.90 Å². The molecule has 1 saturated carbocycles. The maximum Gasteiger partial charge on any atom is 0.326 e. The molecule has 4 N–H and O–H groups in total. The Hall–Kier alpha value is -3.21. The van der Waals surface area contributed by atoms with E-state index in [0.29, 0.717) is 42.2 Å². The number of anilines is 1. The van der Waals surface area contributed by atoms with Crippen molar-refractivity contribution in [2.24, 2.45) is 10.4 Å². The number of hydrogen-bond acceptors (Lipinski definition) is 8. The molecule has 0 aromatic carbocycles. The molecule has 1 saturated heterocycles. The highest BCUT2D eigenvalue weighted by Crippen LogP contribution is 2.26. The SMILES string of the molecule is CC1(CNc2nc(=NC3CC3)n3nc/c(=C\c4[nH]c(=O)[nH]c4O)c3n2)COC1. The second kappa shape index (κ2) is 6.16. The molecule has 0 amide bonds. The third-order valence-electron chi connectivity index (χ3n) is 4.83. The summed E-state index contributed by atoms with van der Waals surface area (Å²) in [5.74, 6) is 0.222. The van der Waals surface area contributed by atoms with Gasteiger partial charge in [0.25, 0.3) is 5.62 Å². The quantitative estimate of drug-likeness (QED) is 0.437. The predicted molar refractivity (Wildman–Crippen MR) is 98.6 cm³/mol. The number of nitrogens with one attached hydrogen (secondary N) is 3. The van der Waals surface area contributed by atoms with Gasteiger partial charge < -0.3 is 20.1 Å². The lowest BCUT2D eigenvalue weighted by atomic mass is 9.89. The first kappa shape index (κ1) is 16.9.